The van der Waals surface area contributed by atoms with E-state index in [1.807, 2.05) is 0 Å². The van der Waals surface area contributed by atoms with Gasteiger partial charge in [-0.05, 0) is 96.2 Å². The van der Waals surface area contributed by atoms with E-state index in [1.165, 1.54) is 76.8 Å². The van der Waals surface area contributed by atoms with Crippen LogP contribution in [0.2, 0.25) is 0 Å². The highest BCUT2D eigenvalue weighted by Gasteiger charge is 2.21. The molecule has 0 aromatic heterocycles. The molecule has 0 fully saturated rings. The second kappa shape index (κ2) is 14.0. The molecule has 0 bridgehead atoms. The van der Waals surface area contributed by atoms with Gasteiger partial charge < -0.3 is 4.90 Å². The van der Waals surface area contributed by atoms with Crippen LogP contribution in [0.5, 0.6) is 0 Å². The summed E-state index contributed by atoms with van der Waals surface area (Å²) in [5, 5.41) is 7.43. The van der Waals surface area contributed by atoms with Crippen LogP contribution < -0.4 is 4.90 Å². The summed E-state index contributed by atoms with van der Waals surface area (Å²) in [4.78, 5) is 2.46. The molecule has 10 aromatic carbocycles. The molecule has 0 radical (unpaired) electrons. The number of hydrogen-bond acceptors (Lipinski definition) is 1. The first-order valence-electron chi connectivity index (χ1n) is 18.9. The molecule has 0 N–H and O–H groups in total. The third-order valence-corrected chi connectivity index (χ3v) is 10.9. The van der Waals surface area contributed by atoms with Crippen molar-refractivity contribution in [3.05, 3.63) is 224 Å². The molecule has 0 aliphatic heterocycles. The normalized spacial score (nSPS) is 11.3. The molecule has 0 amide bonds. The van der Waals surface area contributed by atoms with E-state index in [-0.39, 0.29) is 0 Å². The lowest BCUT2D eigenvalue weighted by Crippen LogP contribution is -2.12. The molecule has 10 rings (SSSR count). The van der Waals surface area contributed by atoms with Gasteiger partial charge in [-0.1, -0.05) is 194 Å². The van der Waals surface area contributed by atoms with Crippen LogP contribution in [-0.2, 0) is 0 Å². The minimum atomic E-state index is 1.10. The summed E-state index contributed by atoms with van der Waals surface area (Å²) < 4.78 is 0. The fourth-order valence-corrected chi connectivity index (χ4v) is 8.14. The summed E-state index contributed by atoms with van der Waals surface area (Å²) in [6, 6.07) is 81.5. The van der Waals surface area contributed by atoms with E-state index >= 15 is 0 Å². The van der Waals surface area contributed by atoms with Gasteiger partial charge in [0.15, 0.2) is 0 Å². The largest absolute Gasteiger partial charge is 0.309 e. The van der Waals surface area contributed by atoms with E-state index in [2.05, 4.69) is 229 Å². The van der Waals surface area contributed by atoms with Crippen molar-refractivity contribution < 1.29 is 0 Å². The first-order chi connectivity index (χ1) is 27.3. The second-order valence-corrected chi connectivity index (χ2v) is 14.1. The van der Waals surface area contributed by atoms with Crippen molar-refractivity contribution in [1.29, 1.82) is 0 Å². The lowest BCUT2D eigenvalue weighted by Gasteiger charge is -2.30. The standard InChI is InChI=1S/C54H37N/c1-3-14-38(15-4-1)39-26-28-40(29-27-39)41-30-33-46(34-31-41)55(53-25-13-20-43-18-7-10-22-48(43)53)54-37-45(32-35-49(54)42-16-5-2-6-17-42)52-36-44-19-8-9-21-47(44)50-23-11-12-24-51(50)52/h1-37H. The summed E-state index contributed by atoms with van der Waals surface area (Å²) in [7, 11) is 0. The third-order valence-electron chi connectivity index (χ3n) is 10.9. The van der Waals surface area contributed by atoms with Gasteiger partial charge in [0.1, 0.15) is 0 Å². The average Bonchev–Trinajstić information content (AvgIpc) is 3.27. The molecule has 0 atom stereocenters. The zero-order valence-corrected chi connectivity index (χ0v) is 30.3. The smallest absolute Gasteiger partial charge is 0.0546 e. The van der Waals surface area contributed by atoms with Gasteiger partial charge in [-0.3, -0.25) is 0 Å². The Kier molecular flexibility index (Phi) is 8.24. The average molecular weight is 700 g/mol. The van der Waals surface area contributed by atoms with Gasteiger partial charge in [-0.2, -0.15) is 0 Å². The third kappa shape index (κ3) is 6.02. The zero-order chi connectivity index (χ0) is 36.6. The highest BCUT2D eigenvalue weighted by atomic mass is 15.1. The molecule has 1 heteroatoms. The maximum absolute atomic E-state index is 2.46. The number of anilines is 3. The first kappa shape index (κ1) is 32.4. The molecular formula is C54H37N. The van der Waals surface area contributed by atoms with Crippen LogP contribution in [0.15, 0.2) is 224 Å². The molecule has 258 valence electrons. The lowest BCUT2D eigenvalue weighted by atomic mass is 9.91. The highest BCUT2D eigenvalue weighted by Crippen LogP contribution is 2.46. The zero-order valence-electron chi connectivity index (χ0n) is 30.3. The molecule has 55 heavy (non-hydrogen) atoms. The molecule has 0 saturated heterocycles. The van der Waals surface area contributed by atoms with Crippen LogP contribution in [0.25, 0.3) is 76.8 Å². The van der Waals surface area contributed by atoms with Crippen molar-refractivity contribution in [1.82, 2.24) is 0 Å². The van der Waals surface area contributed by atoms with E-state index in [1.54, 1.807) is 0 Å². The Bertz CT molecular complexity index is 2940. The minimum Gasteiger partial charge on any atom is -0.309 e. The van der Waals surface area contributed by atoms with Crippen LogP contribution in [0.4, 0.5) is 17.1 Å². The number of benzene rings is 10. The van der Waals surface area contributed by atoms with Crippen molar-refractivity contribution in [2.45, 2.75) is 0 Å². The highest BCUT2D eigenvalue weighted by molar-refractivity contribution is 6.14. The Labute approximate surface area is 322 Å². The van der Waals surface area contributed by atoms with E-state index < -0.39 is 0 Å². The van der Waals surface area contributed by atoms with Crippen molar-refractivity contribution in [3.63, 3.8) is 0 Å². The number of fused-ring (bicyclic) bond motifs is 4. The van der Waals surface area contributed by atoms with Gasteiger partial charge in [-0.15, -0.1) is 0 Å². The quantitative estimate of drug-likeness (QED) is 0.150. The lowest BCUT2D eigenvalue weighted by molar-refractivity contribution is 1.30. The monoisotopic (exact) mass is 699 g/mol. The Hall–Kier alpha value is -7.22. The Morgan fingerprint density at radius 2 is 0.727 bits per heavy atom. The summed E-state index contributed by atoms with van der Waals surface area (Å²) >= 11 is 0. The van der Waals surface area contributed by atoms with Crippen LogP contribution in [0, 0.1) is 0 Å². The molecule has 0 spiro atoms. The first-order valence-corrected chi connectivity index (χ1v) is 18.9. The van der Waals surface area contributed by atoms with Gasteiger partial charge in [-0.25, -0.2) is 0 Å². The summed E-state index contributed by atoms with van der Waals surface area (Å²) in [6.07, 6.45) is 0. The number of hydrogen-bond donors (Lipinski definition) is 0. The van der Waals surface area contributed by atoms with Gasteiger partial charge in [0.25, 0.3) is 0 Å². The van der Waals surface area contributed by atoms with E-state index in [4.69, 9.17) is 0 Å². The minimum absolute atomic E-state index is 1.10. The molecule has 0 saturated carbocycles. The molecule has 0 aliphatic carbocycles. The predicted octanol–water partition coefficient (Wildman–Crippen LogP) is 15.3. The van der Waals surface area contributed by atoms with Gasteiger partial charge >= 0.3 is 0 Å². The maximum Gasteiger partial charge on any atom is 0.0546 e. The van der Waals surface area contributed by atoms with Crippen molar-refractivity contribution in [3.8, 4) is 44.5 Å². The Morgan fingerprint density at radius 3 is 1.42 bits per heavy atom. The topological polar surface area (TPSA) is 3.24 Å². The summed E-state index contributed by atoms with van der Waals surface area (Å²) in [5.74, 6) is 0. The van der Waals surface area contributed by atoms with Gasteiger partial charge in [0.2, 0.25) is 0 Å². The van der Waals surface area contributed by atoms with Crippen molar-refractivity contribution in [2.24, 2.45) is 0 Å². The summed E-state index contributed by atoms with van der Waals surface area (Å²) in [6.45, 7) is 0. The van der Waals surface area contributed by atoms with Crippen molar-refractivity contribution in [2.75, 3.05) is 4.90 Å². The Balaban J connectivity index is 1.18. The van der Waals surface area contributed by atoms with Gasteiger partial charge in [0, 0.05) is 16.6 Å². The maximum atomic E-state index is 2.46. The summed E-state index contributed by atoms with van der Waals surface area (Å²) in [5.41, 5.74) is 12.9. The molecule has 10 aromatic rings. The molecule has 1 nitrogen and oxygen atoms in total. The molecule has 0 heterocycles. The SMILES string of the molecule is c1ccc(-c2ccc(-c3ccc(N(c4cc(-c5cc6ccccc6c6ccccc56)ccc4-c4ccccc4)c4cccc5ccccc45)cc3)cc2)cc1. The van der Waals surface area contributed by atoms with E-state index in [0.29, 0.717) is 0 Å². The van der Waals surface area contributed by atoms with E-state index in [9.17, 15) is 0 Å². The molecule has 0 unspecified atom stereocenters. The number of nitrogens with zero attached hydrogens (tertiary/aromatic N) is 1. The Morgan fingerprint density at radius 1 is 0.236 bits per heavy atom. The fourth-order valence-electron chi connectivity index (χ4n) is 8.14. The molecule has 0 aliphatic rings. The van der Waals surface area contributed by atoms with Crippen LogP contribution in [0.1, 0.15) is 0 Å². The fraction of sp³-hybridized carbons (Fsp3) is 0. The van der Waals surface area contributed by atoms with Crippen LogP contribution in [0.3, 0.4) is 0 Å². The predicted molar refractivity (Wildman–Crippen MR) is 235 cm³/mol. The number of rotatable bonds is 7. The van der Waals surface area contributed by atoms with Crippen LogP contribution in [-0.4, -0.2) is 0 Å². The molecular weight excluding hydrogens is 663 g/mol. The van der Waals surface area contributed by atoms with Gasteiger partial charge in [0.05, 0.1) is 11.4 Å². The van der Waals surface area contributed by atoms with Crippen LogP contribution >= 0.6 is 0 Å². The second-order valence-electron chi connectivity index (χ2n) is 14.1. The van der Waals surface area contributed by atoms with Crippen molar-refractivity contribution >= 4 is 49.4 Å². The van der Waals surface area contributed by atoms with E-state index in [0.717, 1.165) is 17.1 Å².